The summed E-state index contributed by atoms with van der Waals surface area (Å²) in [6.07, 6.45) is 2.75. The summed E-state index contributed by atoms with van der Waals surface area (Å²) < 4.78 is 31.5. The molecule has 0 fully saturated rings. The van der Waals surface area contributed by atoms with Crippen LogP contribution in [0.25, 0.3) is 0 Å². The van der Waals surface area contributed by atoms with Crippen molar-refractivity contribution in [1.82, 2.24) is 14.7 Å². The Kier molecular flexibility index (Phi) is 4.53. The topological polar surface area (TPSA) is 81.2 Å². The van der Waals surface area contributed by atoms with Crippen LogP contribution < -0.4 is 9.46 Å². The van der Waals surface area contributed by atoms with E-state index in [0.717, 1.165) is 5.56 Å². The molecule has 0 atom stereocenters. The van der Waals surface area contributed by atoms with Gasteiger partial charge in [0.15, 0.2) is 0 Å². The van der Waals surface area contributed by atoms with Crippen LogP contribution in [0.15, 0.2) is 41.6 Å². The number of rotatable bonds is 5. The highest BCUT2D eigenvalue weighted by atomic mass is 35.5. The normalized spacial score (nSPS) is 11.3. The summed E-state index contributed by atoms with van der Waals surface area (Å²) in [6, 6.07) is 6.17. The summed E-state index contributed by atoms with van der Waals surface area (Å²) in [5.74, 6) is 0.426. The van der Waals surface area contributed by atoms with Gasteiger partial charge in [-0.05, 0) is 23.8 Å². The van der Waals surface area contributed by atoms with E-state index in [4.69, 9.17) is 16.3 Å². The van der Waals surface area contributed by atoms with Crippen molar-refractivity contribution in [3.05, 3.63) is 47.4 Å². The number of hydrogen-bond acceptors (Lipinski definition) is 5. The maximum atomic E-state index is 12.0. The number of nitrogens with one attached hydrogen (secondary N) is 1. The van der Waals surface area contributed by atoms with E-state index in [0.29, 0.717) is 5.88 Å². The van der Waals surface area contributed by atoms with Crippen LogP contribution in [0.3, 0.4) is 0 Å². The first-order valence-electron chi connectivity index (χ1n) is 5.61. The molecule has 0 unspecified atom stereocenters. The summed E-state index contributed by atoms with van der Waals surface area (Å²) in [5, 5.41) is 0.239. The molecule has 2 aromatic rings. The lowest BCUT2D eigenvalue weighted by molar-refractivity contribution is 0.397. The van der Waals surface area contributed by atoms with E-state index in [2.05, 4.69) is 14.7 Å². The summed E-state index contributed by atoms with van der Waals surface area (Å²) in [6.45, 7) is 0.129. The molecule has 106 valence electrons. The summed E-state index contributed by atoms with van der Waals surface area (Å²) in [4.78, 5) is 7.75. The average molecular weight is 314 g/mol. The van der Waals surface area contributed by atoms with Crippen molar-refractivity contribution in [2.24, 2.45) is 0 Å². The zero-order valence-corrected chi connectivity index (χ0v) is 12.1. The molecule has 8 heteroatoms. The largest absolute Gasteiger partial charge is 0.481 e. The van der Waals surface area contributed by atoms with Gasteiger partial charge in [-0.1, -0.05) is 11.6 Å². The van der Waals surface area contributed by atoms with E-state index in [-0.39, 0.29) is 16.6 Å². The number of pyridine rings is 2. The van der Waals surface area contributed by atoms with Crippen molar-refractivity contribution < 1.29 is 13.2 Å². The van der Waals surface area contributed by atoms with E-state index >= 15 is 0 Å². The first-order valence-corrected chi connectivity index (χ1v) is 7.47. The Labute approximate surface area is 121 Å². The molecule has 0 spiro atoms. The van der Waals surface area contributed by atoms with Gasteiger partial charge in [-0.25, -0.2) is 23.1 Å². The lowest BCUT2D eigenvalue weighted by Gasteiger charge is -2.07. The molecule has 2 heterocycles. The fourth-order valence-electron chi connectivity index (χ4n) is 1.45. The molecule has 0 aliphatic rings. The zero-order valence-electron chi connectivity index (χ0n) is 10.6. The molecule has 0 radical (unpaired) electrons. The van der Waals surface area contributed by atoms with E-state index in [1.807, 2.05) is 0 Å². The van der Waals surface area contributed by atoms with Gasteiger partial charge in [0.25, 0.3) is 0 Å². The van der Waals surface area contributed by atoms with Crippen molar-refractivity contribution in [3.8, 4) is 5.88 Å². The SMILES string of the molecule is COc1cc(CNS(=O)(=O)c2ccc(Cl)nc2)ccn1. The van der Waals surface area contributed by atoms with Gasteiger partial charge in [-0.15, -0.1) is 0 Å². The van der Waals surface area contributed by atoms with Crippen molar-refractivity contribution in [2.45, 2.75) is 11.4 Å². The van der Waals surface area contributed by atoms with E-state index in [9.17, 15) is 8.42 Å². The average Bonchev–Trinajstić information content (AvgIpc) is 2.46. The molecule has 0 saturated carbocycles. The van der Waals surface area contributed by atoms with Crippen LogP contribution in [0.4, 0.5) is 0 Å². The van der Waals surface area contributed by atoms with Crippen molar-refractivity contribution in [2.75, 3.05) is 7.11 Å². The van der Waals surface area contributed by atoms with E-state index in [1.54, 1.807) is 18.3 Å². The number of hydrogen-bond donors (Lipinski definition) is 1. The van der Waals surface area contributed by atoms with Gasteiger partial charge < -0.3 is 4.74 Å². The standard InChI is InChI=1S/C12H12ClN3O3S/c1-19-12-6-9(4-5-14-12)7-16-20(17,18)10-2-3-11(13)15-8-10/h2-6,8,16H,7H2,1H3. The fourth-order valence-corrected chi connectivity index (χ4v) is 2.53. The van der Waals surface area contributed by atoms with Crippen molar-refractivity contribution in [3.63, 3.8) is 0 Å². The third-order valence-electron chi connectivity index (χ3n) is 2.49. The van der Waals surface area contributed by atoms with Crippen LogP contribution in [0.5, 0.6) is 5.88 Å². The first-order chi connectivity index (χ1) is 9.51. The Hall–Kier alpha value is -1.70. The minimum Gasteiger partial charge on any atom is -0.481 e. The molecular weight excluding hydrogens is 302 g/mol. The number of nitrogens with zero attached hydrogens (tertiary/aromatic N) is 2. The van der Waals surface area contributed by atoms with Crippen LogP contribution in [0, 0.1) is 0 Å². The quantitative estimate of drug-likeness (QED) is 0.848. The smallest absolute Gasteiger partial charge is 0.242 e. The Morgan fingerprint density at radius 3 is 2.75 bits per heavy atom. The third kappa shape index (κ3) is 3.66. The number of ether oxygens (including phenoxy) is 1. The lowest BCUT2D eigenvalue weighted by atomic mass is 10.3. The third-order valence-corrected chi connectivity index (χ3v) is 4.10. The first kappa shape index (κ1) is 14.7. The molecule has 0 aliphatic carbocycles. The van der Waals surface area contributed by atoms with Crippen LogP contribution in [-0.2, 0) is 16.6 Å². The molecule has 0 aromatic carbocycles. The molecule has 2 rings (SSSR count). The zero-order chi connectivity index (χ0) is 14.6. The monoisotopic (exact) mass is 313 g/mol. The van der Waals surface area contributed by atoms with Crippen molar-refractivity contribution >= 4 is 21.6 Å². The fraction of sp³-hybridized carbons (Fsp3) is 0.167. The number of methoxy groups -OCH3 is 1. The summed E-state index contributed by atoms with van der Waals surface area (Å²) in [5.41, 5.74) is 0.738. The van der Waals surface area contributed by atoms with Crippen LogP contribution in [0.1, 0.15) is 5.56 Å². The van der Waals surface area contributed by atoms with E-state index < -0.39 is 10.0 Å². The van der Waals surface area contributed by atoms with Gasteiger partial charge in [-0.2, -0.15) is 0 Å². The summed E-state index contributed by atoms with van der Waals surface area (Å²) in [7, 11) is -2.13. The Morgan fingerprint density at radius 2 is 2.10 bits per heavy atom. The summed E-state index contributed by atoms with van der Waals surface area (Å²) >= 11 is 5.62. The highest BCUT2D eigenvalue weighted by Crippen LogP contribution is 2.12. The van der Waals surface area contributed by atoms with Crippen LogP contribution in [0.2, 0.25) is 5.15 Å². The minimum atomic E-state index is -3.63. The molecule has 0 amide bonds. The van der Waals surface area contributed by atoms with Crippen molar-refractivity contribution in [1.29, 1.82) is 0 Å². The highest BCUT2D eigenvalue weighted by molar-refractivity contribution is 7.89. The molecule has 0 saturated heterocycles. The maximum absolute atomic E-state index is 12.0. The molecule has 6 nitrogen and oxygen atoms in total. The van der Waals surface area contributed by atoms with Gasteiger partial charge in [0.05, 0.1) is 7.11 Å². The Morgan fingerprint density at radius 1 is 1.30 bits per heavy atom. The van der Waals surface area contributed by atoms with Gasteiger partial charge in [0.1, 0.15) is 10.0 Å². The minimum absolute atomic E-state index is 0.0583. The molecule has 0 aliphatic heterocycles. The van der Waals surface area contributed by atoms with Crippen LogP contribution >= 0.6 is 11.6 Å². The molecular formula is C12H12ClN3O3S. The second-order valence-electron chi connectivity index (χ2n) is 3.85. The Balaban J connectivity index is 2.10. The maximum Gasteiger partial charge on any atom is 0.242 e. The van der Waals surface area contributed by atoms with Gasteiger partial charge in [0.2, 0.25) is 15.9 Å². The van der Waals surface area contributed by atoms with Crippen LogP contribution in [-0.4, -0.2) is 25.5 Å². The number of sulfonamides is 1. The second-order valence-corrected chi connectivity index (χ2v) is 6.00. The lowest BCUT2D eigenvalue weighted by Crippen LogP contribution is -2.23. The second kappa shape index (κ2) is 6.17. The predicted octanol–water partition coefficient (Wildman–Crippen LogP) is 1.62. The Bertz CT molecular complexity index is 689. The van der Waals surface area contributed by atoms with Gasteiger partial charge in [0, 0.05) is 25.0 Å². The number of halogens is 1. The highest BCUT2D eigenvalue weighted by Gasteiger charge is 2.14. The molecule has 1 N–H and O–H groups in total. The molecule has 0 bridgehead atoms. The van der Waals surface area contributed by atoms with Gasteiger partial charge in [-0.3, -0.25) is 0 Å². The predicted molar refractivity (Wildman–Crippen MR) is 74.1 cm³/mol. The van der Waals surface area contributed by atoms with E-state index in [1.165, 1.54) is 25.4 Å². The molecule has 20 heavy (non-hydrogen) atoms. The van der Waals surface area contributed by atoms with Gasteiger partial charge >= 0.3 is 0 Å². The number of aromatic nitrogens is 2. The molecule has 2 aromatic heterocycles.